The van der Waals surface area contributed by atoms with Gasteiger partial charge in [-0.15, -0.1) is 0 Å². The summed E-state index contributed by atoms with van der Waals surface area (Å²) >= 11 is 0.794. The topological polar surface area (TPSA) is 80.2 Å². The molecule has 0 bridgehead atoms. The van der Waals surface area contributed by atoms with Crippen molar-refractivity contribution in [2.45, 2.75) is 0 Å². The van der Waals surface area contributed by atoms with E-state index in [0.29, 0.717) is 17.5 Å². The lowest BCUT2D eigenvalue weighted by atomic mass is 10.3. The molecule has 3 rings (SSSR count). The summed E-state index contributed by atoms with van der Waals surface area (Å²) in [4.78, 5) is 43.8. The van der Waals surface area contributed by atoms with Gasteiger partial charge in [0.2, 0.25) is 0 Å². The average Bonchev–Trinajstić information content (AvgIpc) is 2.75. The van der Waals surface area contributed by atoms with E-state index in [1.807, 2.05) is 24.3 Å². The minimum Gasteiger partial charge on any atom is -0.301 e. The van der Waals surface area contributed by atoms with Crippen LogP contribution in [0.15, 0.2) is 35.4 Å². The fourth-order valence-corrected chi connectivity index (χ4v) is 2.74. The normalized spacial score (nSPS) is 17.0. The van der Waals surface area contributed by atoms with Gasteiger partial charge < -0.3 is 4.79 Å². The number of amides is 2. The van der Waals surface area contributed by atoms with Crippen molar-refractivity contribution in [3.05, 3.63) is 41.1 Å². The van der Waals surface area contributed by atoms with Crippen LogP contribution in [0.4, 0.5) is 4.79 Å². The van der Waals surface area contributed by atoms with Crippen LogP contribution in [0.1, 0.15) is 5.69 Å². The van der Waals surface area contributed by atoms with Gasteiger partial charge >= 0.3 is 0 Å². The van der Waals surface area contributed by atoms with Crippen molar-refractivity contribution in [2.24, 2.45) is 0 Å². The number of fused-ring (bicyclic) bond motifs is 1. The highest BCUT2D eigenvalue weighted by molar-refractivity contribution is 8.18. The molecular weight excluding hydrogens is 290 g/mol. The van der Waals surface area contributed by atoms with Gasteiger partial charge in [-0.25, -0.2) is 4.98 Å². The van der Waals surface area contributed by atoms with E-state index in [9.17, 15) is 14.4 Å². The molecule has 2 heterocycles. The molecule has 6 nitrogen and oxygen atoms in total. The van der Waals surface area contributed by atoms with Crippen LogP contribution < -0.4 is 0 Å². The number of aldehydes is 1. The van der Waals surface area contributed by atoms with Gasteiger partial charge in [-0.1, -0.05) is 12.1 Å². The molecule has 2 amide bonds. The van der Waals surface area contributed by atoms with Crippen molar-refractivity contribution < 1.29 is 14.4 Å². The van der Waals surface area contributed by atoms with Crippen molar-refractivity contribution in [3.8, 4) is 0 Å². The SMILES string of the molecule is O=CCN1C(=O)S/C(=C\c2cnc3ccccc3n2)C1=O. The first-order chi connectivity index (χ1) is 10.2. The molecule has 1 aromatic carbocycles. The molecule has 0 aliphatic carbocycles. The van der Waals surface area contributed by atoms with E-state index < -0.39 is 11.1 Å². The second-order valence-electron chi connectivity index (χ2n) is 4.24. The van der Waals surface area contributed by atoms with Gasteiger partial charge in [0.25, 0.3) is 11.1 Å². The monoisotopic (exact) mass is 299 g/mol. The minimum atomic E-state index is -0.480. The number of imide groups is 1. The molecular formula is C14H9N3O3S. The maximum absolute atomic E-state index is 12.0. The zero-order valence-electron chi connectivity index (χ0n) is 10.7. The number of carbonyl (C=O) groups is 3. The molecule has 0 N–H and O–H groups in total. The zero-order valence-corrected chi connectivity index (χ0v) is 11.5. The summed E-state index contributed by atoms with van der Waals surface area (Å²) in [6.45, 7) is -0.231. The molecule has 1 fully saturated rings. The molecule has 21 heavy (non-hydrogen) atoms. The van der Waals surface area contributed by atoms with Gasteiger partial charge in [0, 0.05) is 0 Å². The van der Waals surface area contributed by atoms with Crippen molar-refractivity contribution in [2.75, 3.05) is 6.54 Å². The smallest absolute Gasteiger partial charge is 0.293 e. The summed E-state index contributed by atoms with van der Waals surface area (Å²) < 4.78 is 0. The summed E-state index contributed by atoms with van der Waals surface area (Å²) in [5, 5.41) is -0.452. The van der Waals surface area contributed by atoms with Gasteiger partial charge in [-0.2, -0.15) is 0 Å². The lowest BCUT2D eigenvalue weighted by Gasteiger charge is -2.06. The molecule has 1 aromatic heterocycles. The first-order valence-electron chi connectivity index (χ1n) is 6.10. The second kappa shape index (κ2) is 5.45. The fourth-order valence-electron chi connectivity index (χ4n) is 1.91. The van der Waals surface area contributed by atoms with E-state index in [1.165, 1.54) is 12.3 Å². The summed E-state index contributed by atoms with van der Waals surface area (Å²) in [6.07, 6.45) is 3.57. The van der Waals surface area contributed by atoms with Crippen molar-refractivity contribution in [1.82, 2.24) is 14.9 Å². The van der Waals surface area contributed by atoms with Crippen molar-refractivity contribution in [3.63, 3.8) is 0 Å². The lowest BCUT2D eigenvalue weighted by Crippen LogP contribution is -2.29. The van der Waals surface area contributed by atoms with Crippen LogP contribution in [0.25, 0.3) is 17.1 Å². The molecule has 0 unspecified atom stereocenters. The Hall–Kier alpha value is -2.54. The number of thioether (sulfide) groups is 1. The highest BCUT2D eigenvalue weighted by Crippen LogP contribution is 2.31. The Morgan fingerprint density at radius 2 is 1.95 bits per heavy atom. The molecule has 1 aliphatic heterocycles. The van der Waals surface area contributed by atoms with Crippen LogP contribution in [-0.4, -0.2) is 38.8 Å². The third-order valence-electron chi connectivity index (χ3n) is 2.88. The van der Waals surface area contributed by atoms with Crippen molar-refractivity contribution >= 4 is 46.3 Å². The predicted molar refractivity (Wildman–Crippen MR) is 78.3 cm³/mol. The number of rotatable bonds is 3. The van der Waals surface area contributed by atoms with E-state index >= 15 is 0 Å². The van der Waals surface area contributed by atoms with Gasteiger partial charge in [0.05, 0.1) is 34.4 Å². The molecule has 1 saturated heterocycles. The van der Waals surface area contributed by atoms with Crippen molar-refractivity contribution in [1.29, 1.82) is 0 Å². The Labute approximate surface area is 123 Å². The largest absolute Gasteiger partial charge is 0.301 e. The molecule has 7 heteroatoms. The number of para-hydroxylation sites is 2. The number of benzene rings is 1. The third kappa shape index (κ3) is 2.55. The van der Waals surface area contributed by atoms with E-state index in [4.69, 9.17) is 0 Å². The van der Waals surface area contributed by atoms with Crippen LogP contribution in [0, 0.1) is 0 Å². The lowest BCUT2D eigenvalue weighted by molar-refractivity contribution is -0.125. The molecule has 0 saturated carbocycles. The molecule has 104 valence electrons. The number of aromatic nitrogens is 2. The maximum Gasteiger partial charge on any atom is 0.293 e. The van der Waals surface area contributed by atoms with Gasteiger partial charge in [0.15, 0.2) is 0 Å². The van der Waals surface area contributed by atoms with Gasteiger partial charge in [-0.05, 0) is 30.0 Å². The second-order valence-corrected chi connectivity index (χ2v) is 5.24. The summed E-state index contributed by atoms with van der Waals surface area (Å²) in [5.41, 5.74) is 1.95. The minimum absolute atomic E-state index is 0.231. The standard InChI is InChI=1S/C14H9N3O3S/c18-6-5-17-13(19)12(21-14(17)20)7-9-8-15-10-3-1-2-4-11(10)16-9/h1-4,6-8H,5H2/b12-7-. The Balaban J connectivity index is 1.95. The zero-order chi connectivity index (χ0) is 14.8. The average molecular weight is 299 g/mol. The molecule has 2 aromatic rings. The Kier molecular flexibility index (Phi) is 3.49. The maximum atomic E-state index is 12.0. The van der Waals surface area contributed by atoms with Gasteiger partial charge in [0.1, 0.15) is 6.29 Å². The predicted octanol–water partition coefficient (Wildman–Crippen LogP) is 1.86. The fraction of sp³-hybridized carbons (Fsp3) is 0.0714. The molecule has 0 radical (unpaired) electrons. The van der Waals surface area contributed by atoms with Crippen LogP contribution in [-0.2, 0) is 9.59 Å². The molecule has 1 aliphatic rings. The van der Waals surface area contributed by atoms with E-state index in [0.717, 1.165) is 22.2 Å². The van der Waals surface area contributed by atoms with Crippen LogP contribution in [0.5, 0.6) is 0 Å². The Morgan fingerprint density at radius 1 is 1.19 bits per heavy atom. The van der Waals surface area contributed by atoms with Crippen LogP contribution in [0.3, 0.4) is 0 Å². The number of hydrogen-bond donors (Lipinski definition) is 0. The van der Waals surface area contributed by atoms with Crippen LogP contribution in [0.2, 0.25) is 0 Å². The molecule has 0 atom stereocenters. The third-order valence-corrected chi connectivity index (χ3v) is 3.78. The number of hydrogen-bond acceptors (Lipinski definition) is 6. The van der Waals surface area contributed by atoms with E-state index in [1.54, 1.807) is 0 Å². The summed E-state index contributed by atoms with van der Waals surface area (Å²) in [7, 11) is 0. The van der Waals surface area contributed by atoms with Crippen LogP contribution >= 0.6 is 11.8 Å². The van der Waals surface area contributed by atoms with E-state index in [2.05, 4.69) is 9.97 Å². The highest BCUT2D eigenvalue weighted by atomic mass is 32.2. The number of nitrogens with zero attached hydrogens (tertiary/aromatic N) is 3. The summed E-state index contributed by atoms with van der Waals surface area (Å²) in [6, 6.07) is 7.36. The molecule has 0 spiro atoms. The highest BCUT2D eigenvalue weighted by Gasteiger charge is 2.34. The van der Waals surface area contributed by atoms with E-state index in [-0.39, 0.29) is 11.4 Å². The Bertz CT molecular complexity index is 788. The first-order valence-corrected chi connectivity index (χ1v) is 6.91. The Morgan fingerprint density at radius 3 is 2.71 bits per heavy atom. The summed E-state index contributed by atoms with van der Waals surface area (Å²) in [5.74, 6) is -0.480. The van der Waals surface area contributed by atoms with Gasteiger partial charge in [-0.3, -0.25) is 19.5 Å². The first kappa shape index (κ1) is 13.4. The number of carbonyl (C=O) groups excluding carboxylic acids is 3. The quantitative estimate of drug-likeness (QED) is 0.636.